The molecule has 1 rings (SSSR count). The molecule has 88 valence electrons. The predicted molar refractivity (Wildman–Crippen MR) is 60.9 cm³/mol. The van der Waals surface area contributed by atoms with E-state index in [9.17, 15) is 9.90 Å². The summed E-state index contributed by atoms with van der Waals surface area (Å²) in [6.07, 6.45) is 2.73. The topological polar surface area (TPSA) is 40.5 Å². The summed E-state index contributed by atoms with van der Waals surface area (Å²) < 4.78 is 0. The second-order valence-electron chi connectivity index (χ2n) is 5.15. The van der Waals surface area contributed by atoms with Crippen molar-refractivity contribution in [1.82, 2.24) is 4.90 Å². The van der Waals surface area contributed by atoms with Crippen molar-refractivity contribution in [3.05, 3.63) is 0 Å². The van der Waals surface area contributed by atoms with Crippen LogP contribution in [0.25, 0.3) is 0 Å². The zero-order chi connectivity index (χ0) is 11.5. The maximum Gasteiger partial charge on any atom is 0.310 e. The molecule has 0 aliphatic carbocycles. The average Bonchev–Trinajstić information content (AvgIpc) is 2.59. The van der Waals surface area contributed by atoms with Crippen molar-refractivity contribution in [2.24, 2.45) is 11.3 Å². The van der Waals surface area contributed by atoms with Crippen molar-refractivity contribution in [2.45, 2.75) is 40.0 Å². The van der Waals surface area contributed by atoms with Crippen LogP contribution in [0.2, 0.25) is 0 Å². The Labute approximate surface area is 92.5 Å². The lowest BCUT2D eigenvalue weighted by Crippen LogP contribution is -2.34. The maximum absolute atomic E-state index is 11.2. The van der Waals surface area contributed by atoms with Crippen molar-refractivity contribution in [3.8, 4) is 0 Å². The van der Waals surface area contributed by atoms with Crippen LogP contribution < -0.4 is 0 Å². The van der Waals surface area contributed by atoms with Crippen LogP contribution in [0, 0.1) is 11.3 Å². The molecule has 1 atom stereocenters. The van der Waals surface area contributed by atoms with Crippen molar-refractivity contribution in [1.29, 1.82) is 0 Å². The molecule has 0 aromatic rings. The summed E-state index contributed by atoms with van der Waals surface area (Å²) in [6, 6.07) is 0. The largest absolute Gasteiger partial charge is 0.481 e. The number of nitrogens with zero attached hydrogens (tertiary/aromatic N) is 1. The van der Waals surface area contributed by atoms with E-state index in [0.717, 1.165) is 32.5 Å². The minimum atomic E-state index is -0.614. The highest BCUT2D eigenvalue weighted by atomic mass is 16.4. The molecule has 1 N–H and O–H groups in total. The van der Waals surface area contributed by atoms with Crippen LogP contribution in [0.5, 0.6) is 0 Å². The molecule has 0 aromatic carbocycles. The van der Waals surface area contributed by atoms with Crippen LogP contribution in [0.3, 0.4) is 0 Å². The number of aliphatic carboxylic acids is 1. The van der Waals surface area contributed by atoms with E-state index in [4.69, 9.17) is 0 Å². The van der Waals surface area contributed by atoms with Gasteiger partial charge in [0.25, 0.3) is 0 Å². The van der Waals surface area contributed by atoms with Gasteiger partial charge in [0.2, 0.25) is 0 Å². The Bertz CT molecular complexity index is 228. The summed E-state index contributed by atoms with van der Waals surface area (Å²) in [7, 11) is 0. The van der Waals surface area contributed by atoms with E-state index in [1.807, 2.05) is 6.92 Å². The van der Waals surface area contributed by atoms with E-state index in [1.165, 1.54) is 6.42 Å². The van der Waals surface area contributed by atoms with E-state index < -0.39 is 11.4 Å². The van der Waals surface area contributed by atoms with Crippen LogP contribution in [0.1, 0.15) is 40.0 Å². The molecule has 0 bridgehead atoms. The predicted octanol–water partition coefficient (Wildman–Crippen LogP) is 2.22. The number of carbonyl (C=O) groups is 1. The van der Waals surface area contributed by atoms with Crippen LogP contribution in [0.4, 0.5) is 0 Å². The van der Waals surface area contributed by atoms with Crippen LogP contribution in [-0.4, -0.2) is 35.6 Å². The smallest absolute Gasteiger partial charge is 0.310 e. The minimum absolute atomic E-state index is 0.461. The highest BCUT2D eigenvalue weighted by molar-refractivity contribution is 5.75. The number of hydrogen-bond donors (Lipinski definition) is 1. The van der Waals surface area contributed by atoms with Gasteiger partial charge in [0.05, 0.1) is 5.41 Å². The number of hydrogen-bond acceptors (Lipinski definition) is 2. The Kier molecular flexibility index (Phi) is 4.14. The SMILES string of the molecule is CCC1(C(=O)O)CCN(CCC(C)C)C1. The van der Waals surface area contributed by atoms with Crippen molar-refractivity contribution in [2.75, 3.05) is 19.6 Å². The molecule has 1 aliphatic heterocycles. The Balaban J connectivity index is 2.46. The molecule has 1 aliphatic rings. The molecule has 0 amide bonds. The van der Waals surface area contributed by atoms with E-state index in [0.29, 0.717) is 5.92 Å². The first-order valence-corrected chi connectivity index (χ1v) is 5.96. The first kappa shape index (κ1) is 12.5. The zero-order valence-corrected chi connectivity index (χ0v) is 10.1. The number of rotatable bonds is 5. The third kappa shape index (κ3) is 2.94. The molecule has 0 radical (unpaired) electrons. The van der Waals surface area contributed by atoms with Gasteiger partial charge in [-0.2, -0.15) is 0 Å². The third-order valence-corrected chi connectivity index (χ3v) is 3.59. The van der Waals surface area contributed by atoms with Gasteiger partial charge in [-0.15, -0.1) is 0 Å². The number of carboxylic acids is 1. The Hall–Kier alpha value is -0.570. The molecule has 15 heavy (non-hydrogen) atoms. The summed E-state index contributed by atoms with van der Waals surface area (Å²) in [5.41, 5.74) is -0.461. The molecular formula is C12H23NO2. The molecule has 0 spiro atoms. The van der Waals surface area contributed by atoms with E-state index in [1.54, 1.807) is 0 Å². The molecule has 1 saturated heterocycles. The molecular weight excluding hydrogens is 190 g/mol. The normalized spacial score (nSPS) is 27.5. The van der Waals surface area contributed by atoms with E-state index >= 15 is 0 Å². The van der Waals surface area contributed by atoms with Gasteiger partial charge >= 0.3 is 5.97 Å². The third-order valence-electron chi connectivity index (χ3n) is 3.59. The Morgan fingerprint density at radius 1 is 1.53 bits per heavy atom. The van der Waals surface area contributed by atoms with Gasteiger partial charge in [-0.05, 0) is 38.3 Å². The molecule has 3 nitrogen and oxygen atoms in total. The van der Waals surface area contributed by atoms with Gasteiger partial charge in [0.1, 0.15) is 0 Å². The fourth-order valence-corrected chi connectivity index (χ4v) is 2.20. The highest BCUT2D eigenvalue weighted by Crippen LogP contribution is 2.34. The summed E-state index contributed by atoms with van der Waals surface area (Å²) in [5.74, 6) is 0.0866. The van der Waals surface area contributed by atoms with Crippen LogP contribution in [-0.2, 0) is 4.79 Å². The summed E-state index contributed by atoms with van der Waals surface area (Å²) in [4.78, 5) is 13.5. The van der Waals surface area contributed by atoms with Gasteiger partial charge in [0, 0.05) is 6.54 Å². The highest BCUT2D eigenvalue weighted by Gasteiger charge is 2.42. The molecule has 1 unspecified atom stereocenters. The monoisotopic (exact) mass is 213 g/mol. The molecule has 1 fully saturated rings. The Morgan fingerprint density at radius 3 is 2.60 bits per heavy atom. The molecule has 0 saturated carbocycles. The molecule has 1 heterocycles. The second-order valence-corrected chi connectivity index (χ2v) is 5.15. The average molecular weight is 213 g/mol. The van der Waals surface area contributed by atoms with Gasteiger partial charge in [-0.1, -0.05) is 20.8 Å². The fourth-order valence-electron chi connectivity index (χ4n) is 2.20. The Morgan fingerprint density at radius 2 is 2.20 bits per heavy atom. The van der Waals surface area contributed by atoms with Crippen LogP contribution in [0.15, 0.2) is 0 Å². The zero-order valence-electron chi connectivity index (χ0n) is 10.1. The maximum atomic E-state index is 11.2. The van der Waals surface area contributed by atoms with Crippen LogP contribution >= 0.6 is 0 Å². The molecule has 3 heteroatoms. The van der Waals surface area contributed by atoms with Gasteiger partial charge in [0.15, 0.2) is 0 Å². The van der Waals surface area contributed by atoms with Gasteiger partial charge in [-0.25, -0.2) is 0 Å². The van der Waals surface area contributed by atoms with Crippen molar-refractivity contribution < 1.29 is 9.90 Å². The first-order chi connectivity index (χ1) is 7.00. The van der Waals surface area contributed by atoms with Crippen molar-refractivity contribution in [3.63, 3.8) is 0 Å². The molecule has 0 aromatic heterocycles. The number of likely N-dealkylation sites (tertiary alicyclic amines) is 1. The van der Waals surface area contributed by atoms with E-state index in [2.05, 4.69) is 18.7 Å². The first-order valence-electron chi connectivity index (χ1n) is 5.96. The van der Waals surface area contributed by atoms with Crippen molar-refractivity contribution >= 4 is 5.97 Å². The van der Waals surface area contributed by atoms with Gasteiger partial charge in [-0.3, -0.25) is 4.79 Å². The van der Waals surface area contributed by atoms with E-state index in [-0.39, 0.29) is 0 Å². The lowest BCUT2D eigenvalue weighted by atomic mass is 9.84. The lowest BCUT2D eigenvalue weighted by Gasteiger charge is -2.23. The quantitative estimate of drug-likeness (QED) is 0.761. The fraction of sp³-hybridized carbons (Fsp3) is 0.917. The number of carboxylic acid groups (broad SMARTS) is 1. The summed E-state index contributed by atoms with van der Waals surface area (Å²) in [6.45, 7) is 9.14. The summed E-state index contributed by atoms with van der Waals surface area (Å²) in [5, 5.41) is 9.23. The minimum Gasteiger partial charge on any atom is -0.481 e. The summed E-state index contributed by atoms with van der Waals surface area (Å²) >= 11 is 0. The second kappa shape index (κ2) is 4.97. The van der Waals surface area contributed by atoms with Gasteiger partial charge < -0.3 is 10.0 Å². The standard InChI is InChI=1S/C12H23NO2/c1-4-12(11(14)15)6-8-13(9-12)7-5-10(2)3/h10H,4-9H2,1-3H3,(H,14,15). The lowest BCUT2D eigenvalue weighted by molar-refractivity contribution is -0.148.